The summed E-state index contributed by atoms with van der Waals surface area (Å²) in [6.07, 6.45) is 1.32. The van der Waals surface area contributed by atoms with Gasteiger partial charge in [-0.3, -0.25) is 4.79 Å². The standard InChI is InChI=1S/C11H12N2O2S/c1-6-8(3-4-14)7(2)12-11-10(6)9(5-15)13-16-11/h5,14H,3-4H2,1-2H3. The van der Waals surface area contributed by atoms with Crippen molar-refractivity contribution in [1.29, 1.82) is 0 Å². The van der Waals surface area contributed by atoms with Gasteiger partial charge in [-0.05, 0) is 42.9 Å². The Balaban J connectivity index is 2.77. The van der Waals surface area contributed by atoms with Crippen LogP contribution < -0.4 is 0 Å². The SMILES string of the molecule is Cc1nc2snc(C=O)c2c(C)c1CCO. The lowest BCUT2D eigenvalue weighted by atomic mass is 10.0. The van der Waals surface area contributed by atoms with Gasteiger partial charge in [-0.25, -0.2) is 4.98 Å². The Kier molecular flexibility index (Phi) is 2.98. The number of fused-ring (bicyclic) bond motifs is 1. The van der Waals surface area contributed by atoms with Crippen molar-refractivity contribution in [3.05, 3.63) is 22.5 Å². The van der Waals surface area contributed by atoms with Gasteiger partial charge in [-0.2, -0.15) is 4.37 Å². The molecule has 5 heteroatoms. The second-order valence-corrected chi connectivity index (χ2v) is 4.39. The first kappa shape index (κ1) is 11.2. The van der Waals surface area contributed by atoms with E-state index in [0.717, 1.165) is 33.3 Å². The lowest BCUT2D eigenvalue weighted by molar-refractivity contribution is 0.112. The summed E-state index contributed by atoms with van der Waals surface area (Å²) in [4.78, 5) is 16.1. The van der Waals surface area contributed by atoms with Crippen LogP contribution >= 0.6 is 11.5 Å². The van der Waals surface area contributed by atoms with E-state index in [4.69, 9.17) is 5.11 Å². The Hall–Kier alpha value is -1.33. The first-order chi connectivity index (χ1) is 7.69. The monoisotopic (exact) mass is 236 g/mol. The van der Waals surface area contributed by atoms with Crippen molar-refractivity contribution in [1.82, 2.24) is 9.36 Å². The number of pyridine rings is 1. The quantitative estimate of drug-likeness (QED) is 0.823. The smallest absolute Gasteiger partial charge is 0.170 e. The Morgan fingerprint density at radius 2 is 2.19 bits per heavy atom. The number of aryl methyl sites for hydroxylation is 2. The Labute approximate surface area is 97.1 Å². The first-order valence-electron chi connectivity index (χ1n) is 5.00. The largest absolute Gasteiger partial charge is 0.396 e. The number of carbonyl (C=O) groups excluding carboxylic acids is 1. The number of nitrogens with zero attached hydrogens (tertiary/aromatic N) is 2. The summed E-state index contributed by atoms with van der Waals surface area (Å²) >= 11 is 1.24. The van der Waals surface area contributed by atoms with Gasteiger partial charge in [0.25, 0.3) is 0 Å². The summed E-state index contributed by atoms with van der Waals surface area (Å²) < 4.78 is 4.07. The molecule has 0 aliphatic heterocycles. The van der Waals surface area contributed by atoms with E-state index in [1.54, 1.807) is 0 Å². The molecule has 0 aromatic carbocycles. The van der Waals surface area contributed by atoms with E-state index in [9.17, 15) is 4.79 Å². The highest BCUT2D eigenvalue weighted by Crippen LogP contribution is 2.27. The molecule has 0 atom stereocenters. The van der Waals surface area contributed by atoms with E-state index in [1.165, 1.54) is 11.5 Å². The lowest BCUT2D eigenvalue weighted by Crippen LogP contribution is -2.01. The van der Waals surface area contributed by atoms with Crippen molar-refractivity contribution in [2.24, 2.45) is 0 Å². The van der Waals surface area contributed by atoms with Crippen molar-refractivity contribution in [2.45, 2.75) is 20.3 Å². The minimum Gasteiger partial charge on any atom is -0.396 e. The van der Waals surface area contributed by atoms with E-state index in [1.807, 2.05) is 13.8 Å². The third-order valence-corrected chi connectivity index (χ3v) is 3.46. The molecule has 2 heterocycles. The number of hydrogen-bond acceptors (Lipinski definition) is 5. The fraction of sp³-hybridized carbons (Fsp3) is 0.364. The number of carbonyl (C=O) groups is 1. The molecule has 2 aromatic heterocycles. The van der Waals surface area contributed by atoms with Gasteiger partial charge >= 0.3 is 0 Å². The molecule has 4 nitrogen and oxygen atoms in total. The number of aliphatic hydroxyl groups excluding tert-OH is 1. The minimum absolute atomic E-state index is 0.0862. The summed E-state index contributed by atoms with van der Waals surface area (Å²) in [5, 5.41) is 9.84. The van der Waals surface area contributed by atoms with Gasteiger partial charge in [-0.1, -0.05) is 0 Å². The second kappa shape index (κ2) is 4.27. The maximum absolute atomic E-state index is 10.9. The molecule has 2 rings (SSSR count). The van der Waals surface area contributed by atoms with Crippen LogP contribution in [0.2, 0.25) is 0 Å². The molecule has 0 saturated heterocycles. The van der Waals surface area contributed by atoms with Crippen molar-refractivity contribution < 1.29 is 9.90 Å². The maximum atomic E-state index is 10.9. The fourth-order valence-electron chi connectivity index (χ4n) is 1.92. The zero-order chi connectivity index (χ0) is 11.7. The molecule has 0 saturated carbocycles. The third kappa shape index (κ3) is 1.62. The minimum atomic E-state index is 0.0862. The molecule has 0 radical (unpaired) electrons. The lowest BCUT2D eigenvalue weighted by Gasteiger charge is -2.08. The van der Waals surface area contributed by atoms with Crippen molar-refractivity contribution in [3.8, 4) is 0 Å². The Morgan fingerprint density at radius 1 is 1.44 bits per heavy atom. The van der Waals surface area contributed by atoms with Crippen molar-refractivity contribution in [3.63, 3.8) is 0 Å². The average Bonchev–Trinajstić information content (AvgIpc) is 2.67. The zero-order valence-corrected chi connectivity index (χ0v) is 9.97. The third-order valence-electron chi connectivity index (χ3n) is 2.71. The van der Waals surface area contributed by atoms with Crippen LogP contribution in [0.4, 0.5) is 0 Å². The van der Waals surface area contributed by atoms with Crippen LogP contribution in [-0.2, 0) is 6.42 Å². The first-order valence-corrected chi connectivity index (χ1v) is 5.78. The Bertz CT molecular complexity index is 548. The number of hydrogen-bond donors (Lipinski definition) is 1. The summed E-state index contributed by atoms with van der Waals surface area (Å²) in [7, 11) is 0. The Morgan fingerprint density at radius 3 is 2.81 bits per heavy atom. The molecular formula is C11H12N2O2S. The number of aromatic nitrogens is 2. The summed E-state index contributed by atoms with van der Waals surface area (Å²) in [5.74, 6) is 0. The van der Waals surface area contributed by atoms with Crippen LogP contribution in [0.25, 0.3) is 10.2 Å². The molecule has 1 N–H and O–H groups in total. The predicted octanol–water partition coefficient (Wildman–Crippen LogP) is 1.66. The van der Waals surface area contributed by atoms with Gasteiger partial charge in [0.05, 0.1) is 0 Å². The van der Waals surface area contributed by atoms with E-state index in [-0.39, 0.29) is 6.61 Å². The van der Waals surface area contributed by atoms with Crippen LogP contribution in [0.3, 0.4) is 0 Å². The molecule has 84 valence electrons. The van der Waals surface area contributed by atoms with Crippen LogP contribution in [0.15, 0.2) is 0 Å². The van der Waals surface area contributed by atoms with Crippen LogP contribution in [-0.4, -0.2) is 27.4 Å². The molecule has 16 heavy (non-hydrogen) atoms. The topological polar surface area (TPSA) is 63.1 Å². The van der Waals surface area contributed by atoms with E-state index in [2.05, 4.69) is 9.36 Å². The normalized spacial score (nSPS) is 10.9. The molecule has 2 aromatic rings. The van der Waals surface area contributed by atoms with Gasteiger partial charge in [0.1, 0.15) is 10.5 Å². The van der Waals surface area contributed by atoms with E-state index < -0.39 is 0 Å². The van der Waals surface area contributed by atoms with Crippen LogP contribution in [0, 0.1) is 13.8 Å². The molecule has 0 fully saturated rings. The molecule has 0 aliphatic carbocycles. The second-order valence-electron chi connectivity index (χ2n) is 3.64. The molecular weight excluding hydrogens is 224 g/mol. The highest BCUT2D eigenvalue weighted by molar-refractivity contribution is 7.13. The molecule has 0 bridgehead atoms. The van der Waals surface area contributed by atoms with Crippen LogP contribution in [0.1, 0.15) is 27.3 Å². The molecule has 0 aliphatic rings. The van der Waals surface area contributed by atoms with Gasteiger partial charge < -0.3 is 5.11 Å². The van der Waals surface area contributed by atoms with Gasteiger partial charge in [0, 0.05) is 17.7 Å². The summed E-state index contributed by atoms with van der Waals surface area (Å²) in [5.41, 5.74) is 3.37. The summed E-state index contributed by atoms with van der Waals surface area (Å²) in [6.45, 7) is 3.95. The van der Waals surface area contributed by atoms with Crippen LogP contribution in [0.5, 0.6) is 0 Å². The average molecular weight is 236 g/mol. The van der Waals surface area contributed by atoms with Crippen molar-refractivity contribution in [2.75, 3.05) is 6.61 Å². The highest BCUT2D eigenvalue weighted by Gasteiger charge is 2.14. The maximum Gasteiger partial charge on any atom is 0.170 e. The van der Waals surface area contributed by atoms with Gasteiger partial charge in [-0.15, -0.1) is 0 Å². The van der Waals surface area contributed by atoms with E-state index in [0.29, 0.717) is 12.1 Å². The fourth-order valence-corrected chi connectivity index (χ4v) is 2.77. The number of aliphatic hydroxyl groups is 1. The zero-order valence-electron chi connectivity index (χ0n) is 9.15. The summed E-state index contributed by atoms with van der Waals surface area (Å²) in [6, 6.07) is 0. The molecule has 0 unspecified atom stereocenters. The van der Waals surface area contributed by atoms with Gasteiger partial charge in [0.15, 0.2) is 6.29 Å². The predicted molar refractivity (Wildman–Crippen MR) is 63.1 cm³/mol. The van der Waals surface area contributed by atoms with Crippen molar-refractivity contribution >= 4 is 28.0 Å². The molecule has 0 amide bonds. The number of aldehydes is 1. The van der Waals surface area contributed by atoms with Gasteiger partial charge in [0.2, 0.25) is 0 Å². The molecule has 0 spiro atoms. The number of rotatable bonds is 3. The highest BCUT2D eigenvalue weighted by atomic mass is 32.1. The van der Waals surface area contributed by atoms with E-state index >= 15 is 0 Å².